The maximum atomic E-state index is 12.0. The van der Waals surface area contributed by atoms with Crippen molar-refractivity contribution >= 4 is 5.91 Å². The number of hydrogen-bond donors (Lipinski definition) is 1. The summed E-state index contributed by atoms with van der Waals surface area (Å²) in [5.74, 6) is 0.483. The maximum Gasteiger partial charge on any atom is 0.226 e. The molecule has 0 aromatic heterocycles. The minimum Gasteiger partial charge on any atom is -0.395 e. The van der Waals surface area contributed by atoms with E-state index in [-0.39, 0.29) is 18.4 Å². The summed E-state index contributed by atoms with van der Waals surface area (Å²) in [6.07, 6.45) is 6.94. The minimum atomic E-state index is 0.0820. The number of likely N-dealkylation sites (tertiary alicyclic amines) is 1. The van der Waals surface area contributed by atoms with E-state index < -0.39 is 0 Å². The summed E-state index contributed by atoms with van der Waals surface area (Å²) >= 11 is 0. The SMILES string of the molecule is CCCCCCC1CC(C)N(CCO)C1=O. The van der Waals surface area contributed by atoms with Gasteiger partial charge in [-0.05, 0) is 19.8 Å². The fourth-order valence-electron chi connectivity index (χ4n) is 2.59. The van der Waals surface area contributed by atoms with Gasteiger partial charge < -0.3 is 10.0 Å². The second-order valence-electron chi connectivity index (χ2n) is 4.89. The number of carbonyl (C=O) groups excluding carboxylic acids is 1. The molecule has 1 heterocycles. The maximum absolute atomic E-state index is 12.0. The zero-order valence-corrected chi connectivity index (χ0v) is 10.6. The van der Waals surface area contributed by atoms with Crippen molar-refractivity contribution in [3.63, 3.8) is 0 Å². The third kappa shape index (κ3) is 3.48. The molecular formula is C13H25NO2. The fraction of sp³-hybridized carbons (Fsp3) is 0.923. The summed E-state index contributed by atoms with van der Waals surface area (Å²) in [7, 11) is 0. The van der Waals surface area contributed by atoms with Crippen LogP contribution in [0.3, 0.4) is 0 Å². The monoisotopic (exact) mass is 227 g/mol. The summed E-state index contributed by atoms with van der Waals surface area (Å²) in [5.41, 5.74) is 0. The Labute approximate surface area is 98.8 Å². The van der Waals surface area contributed by atoms with E-state index in [1.54, 1.807) is 0 Å². The molecule has 16 heavy (non-hydrogen) atoms. The van der Waals surface area contributed by atoms with Crippen molar-refractivity contribution in [2.24, 2.45) is 5.92 Å². The molecule has 2 atom stereocenters. The van der Waals surface area contributed by atoms with Crippen LogP contribution < -0.4 is 0 Å². The van der Waals surface area contributed by atoms with Crippen LogP contribution in [-0.2, 0) is 4.79 Å². The zero-order valence-electron chi connectivity index (χ0n) is 10.6. The molecular weight excluding hydrogens is 202 g/mol. The first-order valence-electron chi connectivity index (χ1n) is 6.62. The Hall–Kier alpha value is -0.570. The van der Waals surface area contributed by atoms with Crippen LogP contribution in [0.2, 0.25) is 0 Å². The van der Waals surface area contributed by atoms with E-state index >= 15 is 0 Å². The lowest BCUT2D eigenvalue weighted by atomic mass is 9.98. The van der Waals surface area contributed by atoms with Gasteiger partial charge in [-0.2, -0.15) is 0 Å². The number of aliphatic hydroxyl groups is 1. The standard InChI is InChI=1S/C13H25NO2/c1-3-4-5-6-7-12-10-11(2)14(8-9-15)13(12)16/h11-12,15H,3-10H2,1-2H3. The number of hydrogen-bond acceptors (Lipinski definition) is 2. The summed E-state index contributed by atoms with van der Waals surface area (Å²) in [6, 6.07) is 0.316. The molecule has 0 bridgehead atoms. The fourth-order valence-corrected chi connectivity index (χ4v) is 2.59. The zero-order chi connectivity index (χ0) is 12.0. The Kier molecular flexibility index (Phi) is 5.81. The van der Waals surface area contributed by atoms with Gasteiger partial charge in [-0.15, -0.1) is 0 Å². The molecule has 3 heteroatoms. The Bertz CT molecular complexity index is 218. The second-order valence-corrected chi connectivity index (χ2v) is 4.89. The number of aliphatic hydroxyl groups excluding tert-OH is 1. The number of β-amino-alcohol motifs (C(OH)–C–C–N with tert-alkyl or cyclic N) is 1. The Morgan fingerprint density at radius 1 is 1.38 bits per heavy atom. The van der Waals surface area contributed by atoms with Gasteiger partial charge in [0.05, 0.1) is 6.61 Å². The van der Waals surface area contributed by atoms with Crippen LogP contribution in [0.4, 0.5) is 0 Å². The van der Waals surface area contributed by atoms with E-state index in [1.165, 1.54) is 25.7 Å². The second kappa shape index (κ2) is 6.89. The number of amides is 1. The Balaban J connectivity index is 2.31. The van der Waals surface area contributed by atoms with Gasteiger partial charge in [-0.1, -0.05) is 32.6 Å². The molecule has 0 saturated carbocycles. The summed E-state index contributed by atoms with van der Waals surface area (Å²) in [5, 5.41) is 8.90. The molecule has 3 nitrogen and oxygen atoms in total. The topological polar surface area (TPSA) is 40.5 Å². The molecule has 0 spiro atoms. The third-order valence-corrected chi connectivity index (χ3v) is 3.54. The third-order valence-electron chi connectivity index (χ3n) is 3.54. The molecule has 0 aromatic carbocycles. The van der Waals surface area contributed by atoms with Gasteiger partial charge in [0.25, 0.3) is 0 Å². The molecule has 1 N–H and O–H groups in total. The predicted octanol–water partition coefficient (Wildman–Crippen LogP) is 2.19. The lowest BCUT2D eigenvalue weighted by molar-refractivity contribution is -0.132. The van der Waals surface area contributed by atoms with Crippen molar-refractivity contribution in [3.8, 4) is 0 Å². The van der Waals surface area contributed by atoms with E-state index in [0.29, 0.717) is 12.6 Å². The molecule has 1 aliphatic heterocycles. The smallest absolute Gasteiger partial charge is 0.226 e. The van der Waals surface area contributed by atoms with Gasteiger partial charge in [-0.3, -0.25) is 4.79 Å². The van der Waals surface area contributed by atoms with Crippen molar-refractivity contribution < 1.29 is 9.90 Å². The van der Waals surface area contributed by atoms with Gasteiger partial charge in [0, 0.05) is 18.5 Å². The average molecular weight is 227 g/mol. The van der Waals surface area contributed by atoms with Gasteiger partial charge in [0.2, 0.25) is 5.91 Å². The van der Waals surface area contributed by atoms with Crippen molar-refractivity contribution in [2.45, 2.75) is 58.4 Å². The predicted molar refractivity (Wildman–Crippen MR) is 65.1 cm³/mol. The van der Waals surface area contributed by atoms with Gasteiger partial charge in [0.15, 0.2) is 0 Å². The quantitative estimate of drug-likeness (QED) is 0.677. The van der Waals surface area contributed by atoms with Gasteiger partial charge >= 0.3 is 0 Å². The Morgan fingerprint density at radius 3 is 2.75 bits per heavy atom. The van der Waals surface area contributed by atoms with Crippen LogP contribution in [0.5, 0.6) is 0 Å². The van der Waals surface area contributed by atoms with Crippen molar-refractivity contribution in [1.82, 2.24) is 4.90 Å². The number of nitrogens with zero attached hydrogens (tertiary/aromatic N) is 1. The van der Waals surface area contributed by atoms with Gasteiger partial charge in [-0.25, -0.2) is 0 Å². The first-order valence-corrected chi connectivity index (χ1v) is 6.62. The normalized spacial score (nSPS) is 25.4. The van der Waals surface area contributed by atoms with Crippen LogP contribution in [0.1, 0.15) is 52.4 Å². The van der Waals surface area contributed by atoms with Crippen LogP contribution in [0.15, 0.2) is 0 Å². The van der Waals surface area contributed by atoms with Crippen molar-refractivity contribution in [2.75, 3.05) is 13.2 Å². The lowest BCUT2D eigenvalue weighted by Gasteiger charge is -2.20. The van der Waals surface area contributed by atoms with E-state index in [0.717, 1.165) is 12.8 Å². The highest BCUT2D eigenvalue weighted by Crippen LogP contribution is 2.28. The van der Waals surface area contributed by atoms with Gasteiger partial charge in [0.1, 0.15) is 0 Å². The first-order chi connectivity index (χ1) is 7.70. The molecule has 0 aromatic rings. The van der Waals surface area contributed by atoms with Crippen LogP contribution in [0.25, 0.3) is 0 Å². The highest BCUT2D eigenvalue weighted by molar-refractivity contribution is 5.81. The minimum absolute atomic E-state index is 0.0820. The number of carbonyl (C=O) groups is 1. The van der Waals surface area contributed by atoms with Crippen LogP contribution >= 0.6 is 0 Å². The van der Waals surface area contributed by atoms with E-state index in [2.05, 4.69) is 13.8 Å². The van der Waals surface area contributed by atoms with Crippen LogP contribution in [0, 0.1) is 5.92 Å². The number of rotatable bonds is 7. The summed E-state index contributed by atoms with van der Waals surface area (Å²) < 4.78 is 0. The van der Waals surface area contributed by atoms with E-state index in [9.17, 15) is 4.79 Å². The van der Waals surface area contributed by atoms with Crippen molar-refractivity contribution in [3.05, 3.63) is 0 Å². The molecule has 94 valence electrons. The highest BCUT2D eigenvalue weighted by atomic mass is 16.3. The molecule has 0 radical (unpaired) electrons. The molecule has 1 amide bonds. The van der Waals surface area contributed by atoms with E-state index in [1.807, 2.05) is 4.90 Å². The highest BCUT2D eigenvalue weighted by Gasteiger charge is 2.35. The lowest BCUT2D eigenvalue weighted by Crippen LogP contribution is -2.34. The average Bonchev–Trinajstić information content (AvgIpc) is 2.53. The Morgan fingerprint density at radius 2 is 2.12 bits per heavy atom. The molecule has 1 fully saturated rings. The molecule has 2 unspecified atom stereocenters. The largest absolute Gasteiger partial charge is 0.395 e. The molecule has 1 saturated heterocycles. The molecule has 1 aliphatic rings. The van der Waals surface area contributed by atoms with Crippen molar-refractivity contribution in [1.29, 1.82) is 0 Å². The first kappa shape index (κ1) is 13.5. The molecule has 0 aliphatic carbocycles. The molecule has 1 rings (SSSR count). The van der Waals surface area contributed by atoms with Crippen LogP contribution in [-0.4, -0.2) is 35.1 Å². The summed E-state index contributed by atoms with van der Waals surface area (Å²) in [6.45, 7) is 4.87. The summed E-state index contributed by atoms with van der Waals surface area (Å²) in [4.78, 5) is 13.8. The number of unbranched alkanes of at least 4 members (excludes halogenated alkanes) is 3. The van der Waals surface area contributed by atoms with E-state index in [4.69, 9.17) is 5.11 Å².